The SMILES string of the molecule is CNC(=O)C(CCC=O)N1C(=O)c2ccc(NCC(=O)N3CCN(CCCC(=O)N4CCCCC4)CC3)cc2C1=O. The fourth-order valence-electron chi connectivity index (χ4n) is 5.69. The zero-order valence-electron chi connectivity index (χ0n) is 23.7. The van der Waals surface area contributed by atoms with Crippen molar-refractivity contribution in [1.29, 1.82) is 0 Å². The van der Waals surface area contributed by atoms with Gasteiger partial charge in [-0.1, -0.05) is 0 Å². The molecule has 3 heterocycles. The second-order valence-electron chi connectivity index (χ2n) is 10.7. The molecule has 0 aromatic heterocycles. The van der Waals surface area contributed by atoms with Gasteiger partial charge in [0, 0.05) is 64.8 Å². The molecular weight excluding hydrogens is 528 g/mol. The Morgan fingerprint density at radius 3 is 2.27 bits per heavy atom. The van der Waals surface area contributed by atoms with Crippen molar-refractivity contribution in [3.63, 3.8) is 0 Å². The van der Waals surface area contributed by atoms with E-state index in [2.05, 4.69) is 15.5 Å². The molecule has 12 nitrogen and oxygen atoms in total. The van der Waals surface area contributed by atoms with Crippen molar-refractivity contribution in [3.8, 4) is 0 Å². The van der Waals surface area contributed by atoms with Crippen molar-refractivity contribution >= 4 is 41.5 Å². The molecule has 1 atom stereocenters. The fourth-order valence-corrected chi connectivity index (χ4v) is 5.69. The van der Waals surface area contributed by atoms with E-state index < -0.39 is 23.8 Å². The highest BCUT2D eigenvalue weighted by atomic mass is 16.2. The Morgan fingerprint density at radius 2 is 1.59 bits per heavy atom. The number of aldehydes is 1. The molecular formula is C29H40N6O6. The summed E-state index contributed by atoms with van der Waals surface area (Å²) < 4.78 is 0. The lowest BCUT2D eigenvalue weighted by Gasteiger charge is -2.35. The van der Waals surface area contributed by atoms with Crippen LogP contribution in [0.15, 0.2) is 18.2 Å². The Labute approximate surface area is 240 Å². The summed E-state index contributed by atoms with van der Waals surface area (Å²) in [7, 11) is 1.41. The number of amides is 5. The van der Waals surface area contributed by atoms with Crippen LogP contribution in [0.4, 0.5) is 5.69 Å². The van der Waals surface area contributed by atoms with Gasteiger partial charge in [0.15, 0.2) is 0 Å². The van der Waals surface area contributed by atoms with Gasteiger partial charge < -0.3 is 25.2 Å². The molecule has 0 saturated carbocycles. The lowest BCUT2D eigenvalue weighted by molar-refractivity contribution is -0.132. The normalized spacial score (nSPS) is 18.2. The standard InChI is InChI=1S/C29H40N6O6/c1-30-27(39)24(7-6-18-36)35-28(40)22-10-9-21(19-23(22)29(35)41)31-20-26(38)34-16-14-32(15-17-34)11-5-8-25(37)33-12-3-2-4-13-33/h9-10,18-19,24,31H,2-8,11-17,20H2,1H3,(H,30,39). The number of likely N-dealkylation sites (tertiary alicyclic amines) is 1. The van der Waals surface area contributed by atoms with Gasteiger partial charge in [-0.3, -0.25) is 33.8 Å². The van der Waals surface area contributed by atoms with E-state index in [9.17, 15) is 28.8 Å². The average Bonchev–Trinajstić information content (AvgIpc) is 3.25. The van der Waals surface area contributed by atoms with E-state index in [0.717, 1.165) is 56.9 Å². The van der Waals surface area contributed by atoms with Crippen molar-refractivity contribution < 1.29 is 28.8 Å². The maximum Gasteiger partial charge on any atom is 0.262 e. The third-order valence-electron chi connectivity index (χ3n) is 8.08. The number of hydrogen-bond donors (Lipinski definition) is 2. The molecule has 3 aliphatic rings. The molecule has 1 aromatic carbocycles. The van der Waals surface area contributed by atoms with Crippen molar-refractivity contribution in [2.24, 2.45) is 0 Å². The highest BCUT2D eigenvalue weighted by Crippen LogP contribution is 2.28. The van der Waals surface area contributed by atoms with E-state index in [1.54, 1.807) is 11.0 Å². The number of nitrogens with zero attached hydrogens (tertiary/aromatic N) is 4. The quantitative estimate of drug-likeness (QED) is 0.278. The maximum atomic E-state index is 13.1. The Kier molecular flexibility index (Phi) is 10.4. The van der Waals surface area contributed by atoms with Gasteiger partial charge in [0.25, 0.3) is 11.8 Å². The van der Waals surface area contributed by atoms with Crippen LogP contribution >= 0.6 is 0 Å². The number of likely N-dealkylation sites (N-methyl/N-ethyl adjacent to an activating group) is 1. The van der Waals surface area contributed by atoms with Gasteiger partial charge in [-0.05, 0) is 56.8 Å². The molecule has 0 radical (unpaired) electrons. The lowest BCUT2D eigenvalue weighted by Crippen LogP contribution is -2.50. The number of rotatable bonds is 12. The smallest absolute Gasteiger partial charge is 0.262 e. The first-order valence-electron chi connectivity index (χ1n) is 14.5. The van der Waals surface area contributed by atoms with Crippen LogP contribution in [0.1, 0.15) is 65.7 Å². The Hall–Kier alpha value is -3.80. The van der Waals surface area contributed by atoms with E-state index in [1.165, 1.54) is 25.6 Å². The van der Waals surface area contributed by atoms with Crippen molar-refractivity contribution in [2.75, 3.05) is 64.7 Å². The van der Waals surface area contributed by atoms with Gasteiger partial charge in [0.2, 0.25) is 17.7 Å². The first kappa shape index (κ1) is 30.2. The third-order valence-corrected chi connectivity index (χ3v) is 8.08. The topological polar surface area (TPSA) is 139 Å². The van der Waals surface area contributed by atoms with Gasteiger partial charge in [-0.2, -0.15) is 0 Å². The second kappa shape index (κ2) is 14.2. The third kappa shape index (κ3) is 7.29. The summed E-state index contributed by atoms with van der Waals surface area (Å²) in [6, 6.07) is 3.58. The number of carbonyl (C=O) groups excluding carboxylic acids is 6. The van der Waals surface area contributed by atoms with Crippen LogP contribution in [0, 0.1) is 0 Å². The molecule has 4 rings (SSSR count). The number of benzene rings is 1. The predicted molar refractivity (Wildman–Crippen MR) is 151 cm³/mol. The van der Waals surface area contributed by atoms with Crippen LogP contribution in [0.5, 0.6) is 0 Å². The van der Waals surface area contributed by atoms with Crippen molar-refractivity contribution in [2.45, 2.75) is 51.0 Å². The molecule has 1 unspecified atom stereocenters. The zero-order valence-corrected chi connectivity index (χ0v) is 23.7. The van der Waals surface area contributed by atoms with Gasteiger partial charge in [0.1, 0.15) is 12.3 Å². The van der Waals surface area contributed by atoms with Crippen LogP contribution < -0.4 is 10.6 Å². The second-order valence-corrected chi connectivity index (χ2v) is 10.7. The monoisotopic (exact) mass is 568 g/mol. The minimum Gasteiger partial charge on any atom is -0.376 e. The largest absolute Gasteiger partial charge is 0.376 e. The summed E-state index contributed by atoms with van der Waals surface area (Å²) in [5, 5.41) is 5.50. The molecule has 2 saturated heterocycles. The summed E-state index contributed by atoms with van der Waals surface area (Å²) >= 11 is 0. The zero-order chi connectivity index (χ0) is 29.4. The lowest BCUT2D eigenvalue weighted by atomic mass is 10.1. The number of hydrogen-bond acceptors (Lipinski definition) is 8. The van der Waals surface area contributed by atoms with Crippen molar-refractivity contribution in [1.82, 2.24) is 24.9 Å². The minimum absolute atomic E-state index is 0.0348. The van der Waals surface area contributed by atoms with E-state index in [0.29, 0.717) is 31.5 Å². The molecule has 5 amide bonds. The van der Waals surface area contributed by atoms with E-state index in [-0.39, 0.29) is 42.3 Å². The van der Waals surface area contributed by atoms with Crippen molar-refractivity contribution in [3.05, 3.63) is 29.3 Å². The van der Waals surface area contributed by atoms with Gasteiger partial charge in [0.05, 0.1) is 17.7 Å². The highest BCUT2D eigenvalue weighted by molar-refractivity contribution is 6.23. The summed E-state index contributed by atoms with van der Waals surface area (Å²) in [6.45, 7) is 5.36. The molecule has 2 N–H and O–H groups in total. The fraction of sp³-hybridized carbons (Fsp3) is 0.586. The van der Waals surface area contributed by atoms with E-state index >= 15 is 0 Å². The van der Waals surface area contributed by atoms with Crippen LogP contribution in [0.3, 0.4) is 0 Å². The molecule has 2 fully saturated rings. The molecule has 0 bridgehead atoms. The van der Waals surface area contributed by atoms with E-state index in [4.69, 9.17) is 0 Å². The molecule has 0 aliphatic carbocycles. The summed E-state index contributed by atoms with van der Waals surface area (Å²) in [5.41, 5.74) is 0.849. The molecule has 3 aliphatic heterocycles. The number of piperazine rings is 1. The predicted octanol–water partition coefficient (Wildman–Crippen LogP) is 0.725. The van der Waals surface area contributed by atoms with Crippen LogP contribution in [0.25, 0.3) is 0 Å². The van der Waals surface area contributed by atoms with Gasteiger partial charge in [-0.25, -0.2) is 0 Å². The molecule has 41 heavy (non-hydrogen) atoms. The highest BCUT2D eigenvalue weighted by Gasteiger charge is 2.42. The molecule has 0 spiro atoms. The van der Waals surface area contributed by atoms with Crippen LogP contribution in [-0.4, -0.2) is 121 Å². The summed E-state index contributed by atoms with van der Waals surface area (Å²) in [6.07, 6.45) is 5.52. The molecule has 1 aromatic rings. The Morgan fingerprint density at radius 1 is 0.902 bits per heavy atom. The maximum absolute atomic E-state index is 13.1. The number of fused-ring (bicyclic) bond motifs is 1. The summed E-state index contributed by atoms with van der Waals surface area (Å²) in [4.78, 5) is 81.5. The first-order valence-corrected chi connectivity index (χ1v) is 14.5. The number of piperidine rings is 1. The van der Waals surface area contributed by atoms with Crippen LogP contribution in [0.2, 0.25) is 0 Å². The van der Waals surface area contributed by atoms with Gasteiger partial charge >= 0.3 is 0 Å². The first-order chi connectivity index (χ1) is 19.8. The van der Waals surface area contributed by atoms with Gasteiger partial charge in [-0.15, -0.1) is 0 Å². The number of imide groups is 1. The summed E-state index contributed by atoms with van der Waals surface area (Å²) in [5.74, 6) is -1.52. The Balaban J connectivity index is 1.23. The number of carbonyl (C=O) groups is 6. The minimum atomic E-state index is -1.08. The van der Waals surface area contributed by atoms with Crippen LogP contribution in [-0.2, 0) is 19.2 Å². The van der Waals surface area contributed by atoms with E-state index in [1.807, 2.05) is 4.90 Å². The molecule has 222 valence electrons. The number of nitrogens with one attached hydrogen (secondary N) is 2. The number of anilines is 1. The Bertz CT molecular complexity index is 1160. The average molecular weight is 569 g/mol. The molecule has 12 heteroatoms.